The van der Waals surface area contributed by atoms with Crippen LogP contribution in [0.2, 0.25) is 0 Å². The minimum Gasteiger partial charge on any atom is -0.481 e. The average molecular weight is 524 g/mol. The van der Waals surface area contributed by atoms with Crippen LogP contribution in [0.25, 0.3) is 11.1 Å². The first-order valence-electron chi connectivity index (χ1n) is 13.3. The number of piperidine rings is 1. The minimum atomic E-state index is -4.31. The molecule has 1 fully saturated rings. The largest absolute Gasteiger partial charge is 0.481 e. The monoisotopic (exact) mass is 523 g/mol. The van der Waals surface area contributed by atoms with E-state index in [0.717, 1.165) is 27.8 Å². The van der Waals surface area contributed by atoms with Crippen LogP contribution >= 0.6 is 0 Å². The molecule has 0 amide bonds. The van der Waals surface area contributed by atoms with Crippen LogP contribution in [0.5, 0.6) is 0 Å². The SMILES string of the molecule is Cc1ccc(-c2cc(C3CCC(C(F)(F)F)N(Cc4ccccc4)C3)cc(C(CC(C)C)C(=O)O)c2)cc1. The molecule has 0 bridgehead atoms. The molecular weight excluding hydrogens is 487 g/mol. The molecule has 3 aromatic rings. The predicted molar refractivity (Wildman–Crippen MR) is 145 cm³/mol. The Morgan fingerprint density at radius 1 is 0.974 bits per heavy atom. The van der Waals surface area contributed by atoms with Gasteiger partial charge in [0.15, 0.2) is 0 Å². The molecule has 6 heteroatoms. The number of aryl methyl sites for hydroxylation is 1. The molecule has 0 aliphatic carbocycles. The maximum Gasteiger partial charge on any atom is 0.404 e. The lowest BCUT2D eigenvalue weighted by atomic mass is 9.82. The smallest absolute Gasteiger partial charge is 0.404 e. The lowest BCUT2D eigenvalue weighted by Crippen LogP contribution is -2.50. The quantitative estimate of drug-likeness (QED) is 0.324. The third-order valence-electron chi connectivity index (χ3n) is 7.53. The molecule has 202 valence electrons. The van der Waals surface area contributed by atoms with E-state index in [1.165, 1.54) is 0 Å². The molecule has 1 heterocycles. The number of likely N-dealkylation sites (tertiary alicyclic amines) is 1. The van der Waals surface area contributed by atoms with Crippen LogP contribution < -0.4 is 0 Å². The van der Waals surface area contributed by atoms with E-state index in [9.17, 15) is 23.1 Å². The number of nitrogens with zero attached hydrogens (tertiary/aromatic N) is 1. The van der Waals surface area contributed by atoms with Gasteiger partial charge in [-0.15, -0.1) is 0 Å². The highest BCUT2D eigenvalue weighted by Crippen LogP contribution is 2.40. The molecule has 0 aromatic heterocycles. The van der Waals surface area contributed by atoms with Crippen molar-refractivity contribution in [2.45, 2.75) is 70.6 Å². The summed E-state index contributed by atoms with van der Waals surface area (Å²) < 4.78 is 42.0. The van der Waals surface area contributed by atoms with E-state index < -0.39 is 24.1 Å². The summed E-state index contributed by atoms with van der Waals surface area (Å²) in [5.41, 5.74) is 5.46. The number of alkyl halides is 3. The number of hydrogen-bond donors (Lipinski definition) is 1. The molecule has 1 aliphatic heterocycles. The van der Waals surface area contributed by atoms with Crippen molar-refractivity contribution in [3.8, 4) is 11.1 Å². The Morgan fingerprint density at radius 2 is 1.66 bits per heavy atom. The number of carboxylic acids is 1. The lowest BCUT2D eigenvalue weighted by molar-refractivity contribution is -0.194. The van der Waals surface area contributed by atoms with Gasteiger partial charge in [-0.3, -0.25) is 9.69 Å². The van der Waals surface area contributed by atoms with E-state index in [0.29, 0.717) is 18.4 Å². The van der Waals surface area contributed by atoms with Gasteiger partial charge in [0.1, 0.15) is 6.04 Å². The van der Waals surface area contributed by atoms with Gasteiger partial charge < -0.3 is 5.11 Å². The topological polar surface area (TPSA) is 40.5 Å². The zero-order chi connectivity index (χ0) is 27.4. The minimum absolute atomic E-state index is 0.0133. The number of benzene rings is 3. The van der Waals surface area contributed by atoms with Crippen molar-refractivity contribution in [1.29, 1.82) is 0 Å². The lowest BCUT2D eigenvalue weighted by Gasteiger charge is -2.41. The summed E-state index contributed by atoms with van der Waals surface area (Å²) in [6, 6.07) is 21.7. The van der Waals surface area contributed by atoms with Crippen LogP contribution in [0.3, 0.4) is 0 Å². The van der Waals surface area contributed by atoms with Crippen LogP contribution in [-0.4, -0.2) is 34.7 Å². The fourth-order valence-corrected chi connectivity index (χ4v) is 5.56. The second-order valence-electron chi connectivity index (χ2n) is 11.0. The fourth-order valence-electron chi connectivity index (χ4n) is 5.56. The zero-order valence-electron chi connectivity index (χ0n) is 22.2. The van der Waals surface area contributed by atoms with E-state index in [1.54, 1.807) is 4.90 Å². The molecule has 0 radical (unpaired) electrons. The highest BCUT2D eigenvalue weighted by molar-refractivity contribution is 5.77. The van der Waals surface area contributed by atoms with Crippen molar-refractivity contribution in [2.24, 2.45) is 5.92 Å². The molecule has 1 saturated heterocycles. The van der Waals surface area contributed by atoms with Gasteiger partial charge in [-0.2, -0.15) is 13.2 Å². The van der Waals surface area contributed by atoms with Gasteiger partial charge in [-0.25, -0.2) is 0 Å². The molecular formula is C32H36F3NO2. The summed E-state index contributed by atoms with van der Waals surface area (Å²) in [4.78, 5) is 13.8. The predicted octanol–water partition coefficient (Wildman–Crippen LogP) is 8.19. The van der Waals surface area contributed by atoms with E-state index in [4.69, 9.17) is 0 Å². The van der Waals surface area contributed by atoms with Gasteiger partial charge in [-0.05, 0) is 65.8 Å². The maximum absolute atomic E-state index is 14.0. The zero-order valence-corrected chi connectivity index (χ0v) is 22.2. The Bertz CT molecular complexity index is 1220. The summed E-state index contributed by atoms with van der Waals surface area (Å²) in [6.45, 7) is 6.49. The second-order valence-corrected chi connectivity index (χ2v) is 11.0. The molecule has 0 saturated carbocycles. The number of rotatable bonds is 8. The summed E-state index contributed by atoms with van der Waals surface area (Å²) in [5.74, 6) is -1.50. The van der Waals surface area contributed by atoms with Gasteiger partial charge in [0.05, 0.1) is 5.92 Å². The Balaban J connectivity index is 1.74. The standard InChI is InChI=1S/C32H36F3NO2/c1-21(2)15-29(31(37)38)28-17-26(24-11-9-22(3)10-12-24)16-27(18-28)25-13-14-30(32(33,34)35)36(20-25)19-23-7-5-4-6-8-23/h4-12,16-18,21,25,29-30H,13-15,19-20H2,1-3H3,(H,37,38). The molecule has 0 spiro atoms. The van der Waals surface area contributed by atoms with Crippen molar-refractivity contribution in [3.63, 3.8) is 0 Å². The van der Waals surface area contributed by atoms with Gasteiger partial charge in [0.25, 0.3) is 0 Å². The van der Waals surface area contributed by atoms with E-state index >= 15 is 0 Å². The third-order valence-corrected chi connectivity index (χ3v) is 7.53. The first-order chi connectivity index (χ1) is 18.0. The molecule has 3 unspecified atom stereocenters. The highest BCUT2D eigenvalue weighted by atomic mass is 19.4. The highest BCUT2D eigenvalue weighted by Gasteiger charge is 2.46. The molecule has 3 aromatic carbocycles. The molecule has 3 atom stereocenters. The molecule has 38 heavy (non-hydrogen) atoms. The maximum atomic E-state index is 14.0. The number of carboxylic acid groups (broad SMARTS) is 1. The summed E-state index contributed by atoms with van der Waals surface area (Å²) in [7, 11) is 0. The van der Waals surface area contributed by atoms with Gasteiger partial charge >= 0.3 is 12.1 Å². The average Bonchev–Trinajstić information content (AvgIpc) is 2.87. The Morgan fingerprint density at radius 3 is 2.26 bits per heavy atom. The number of hydrogen-bond acceptors (Lipinski definition) is 2. The van der Waals surface area contributed by atoms with Crippen molar-refractivity contribution in [3.05, 3.63) is 95.1 Å². The summed E-state index contributed by atoms with van der Waals surface area (Å²) >= 11 is 0. The van der Waals surface area contributed by atoms with Gasteiger partial charge in [-0.1, -0.05) is 92.2 Å². The normalized spacial score (nSPS) is 19.4. The van der Waals surface area contributed by atoms with Crippen molar-refractivity contribution < 1.29 is 23.1 Å². The van der Waals surface area contributed by atoms with Crippen LogP contribution in [0, 0.1) is 12.8 Å². The molecule has 4 rings (SSSR count). The second kappa shape index (κ2) is 11.7. The first kappa shape index (κ1) is 27.9. The number of halogens is 3. The number of aliphatic carboxylic acids is 1. The van der Waals surface area contributed by atoms with Crippen molar-refractivity contribution in [2.75, 3.05) is 6.54 Å². The Hall–Kier alpha value is -3.12. The van der Waals surface area contributed by atoms with Crippen LogP contribution in [-0.2, 0) is 11.3 Å². The first-order valence-corrected chi connectivity index (χ1v) is 13.3. The number of carbonyl (C=O) groups is 1. The van der Waals surface area contributed by atoms with Crippen LogP contribution in [0.15, 0.2) is 72.8 Å². The van der Waals surface area contributed by atoms with Crippen molar-refractivity contribution in [1.82, 2.24) is 4.90 Å². The van der Waals surface area contributed by atoms with Crippen molar-refractivity contribution >= 4 is 5.97 Å². The Labute approximate surface area is 223 Å². The van der Waals surface area contributed by atoms with Crippen LogP contribution in [0.4, 0.5) is 13.2 Å². The molecule has 1 N–H and O–H groups in total. The molecule has 3 nitrogen and oxygen atoms in total. The van der Waals surface area contributed by atoms with Gasteiger partial charge in [0.2, 0.25) is 0 Å². The Kier molecular flexibility index (Phi) is 8.61. The van der Waals surface area contributed by atoms with E-state index in [2.05, 4.69) is 0 Å². The van der Waals surface area contributed by atoms with E-state index in [1.807, 2.05) is 93.6 Å². The molecule has 1 aliphatic rings. The summed E-state index contributed by atoms with van der Waals surface area (Å²) in [5, 5.41) is 10.1. The van der Waals surface area contributed by atoms with Crippen LogP contribution in [0.1, 0.15) is 67.2 Å². The summed E-state index contributed by atoms with van der Waals surface area (Å²) in [6.07, 6.45) is -3.40. The fraction of sp³-hybridized carbons (Fsp3) is 0.406. The van der Waals surface area contributed by atoms with E-state index in [-0.39, 0.29) is 31.3 Å². The van der Waals surface area contributed by atoms with Gasteiger partial charge in [0, 0.05) is 13.1 Å². The third kappa shape index (κ3) is 6.84.